The first-order valence-corrected chi connectivity index (χ1v) is 13.5. The molecule has 1 aliphatic carbocycles. The van der Waals surface area contributed by atoms with Crippen molar-refractivity contribution in [2.45, 2.75) is 57.6 Å². The third kappa shape index (κ3) is 4.45. The zero-order valence-electron chi connectivity index (χ0n) is 21.7. The van der Waals surface area contributed by atoms with E-state index in [0.717, 1.165) is 50.1 Å². The molecule has 0 atom stereocenters. The second-order valence-electron chi connectivity index (χ2n) is 11.5. The average Bonchev–Trinajstić information content (AvgIpc) is 3.55. The number of aromatic nitrogens is 4. The van der Waals surface area contributed by atoms with E-state index in [1.807, 2.05) is 36.1 Å². The fraction of sp³-hybridized carbons (Fsp3) is 0.536. The maximum absolute atomic E-state index is 13.3. The maximum Gasteiger partial charge on any atom is 0.264 e. The summed E-state index contributed by atoms with van der Waals surface area (Å²) in [4.78, 5) is 34.6. The van der Waals surface area contributed by atoms with E-state index in [1.54, 1.807) is 4.68 Å². The standard InChI is InChI=1S/C28H33N7O3/c1-27(8-9-27)26(37)33-14-10-28(38,11-15-33)18-34-19-30-24-23(25(34)36)17-31-35(24)22-4-2-21(3-5-22)32-12-6-20(16-29)7-13-32/h2-5,17,19-20,38H,6-15,18H2,1H3. The van der Waals surface area contributed by atoms with Gasteiger partial charge in [-0.15, -0.1) is 0 Å². The van der Waals surface area contributed by atoms with Crippen LogP contribution in [0.4, 0.5) is 5.69 Å². The largest absolute Gasteiger partial charge is 0.388 e. The van der Waals surface area contributed by atoms with Gasteiger partial charge in [0.25, 0.3) is 5.56 Å². The number of rotatable bonds is 5. The quantitative estimate of drug-likeness (QED) is 0.554. The van der Waals surface area contributed by atoms with Crippen LogP contribution in [0.15, 0.2) is 41.6 Å². The lowest BCUT2D eigenvalue weighted by atomic mass is 9.90. The summed E-state index contributed by atoms with van der Waals surface area (Å²) in [6.45, 7) is 4.87. The molecule has 6 rings (SSSR count). The highest BCUT2D eigenvalue weighted by molar-refractivity contribution is 5.85. The number of hydrogen-bond acceptors (Lipinski definition) is 7. The van der Waals surface area contributed by atoms with E-state index in [2.05, 4.69) is 21.1 Å². The SMILES string of the molecule is CC1(C(=O)N2CCC(O)(Cn3cnc4c(cnn4-c4ccc(N5CCC(C#N)CC5)cc4)c3=O)CC2)CC1. The molecule has 10 heteroatoms. The molecule has 1 saturated carbocycles. The average molecular weight is 516 g/mol. The number of carbonyl (C=O) groups is 1. The smallest absolute Gasteiger partial charge is 0.264 e. The Hall–Kier alpha value is -3.71. The van der Waals surface area contributed by atoms with Gasteiger partial charge in [0.05, 0.1) is 30.1 Å². The summed E-state index contributed by atoms with van der Waals surface area (Å²) in [5.74, 6) is 0.327. The van der Waals surface area contributed by atoms with Crippen LogP contribution in [0, 0.1) is 22.7 Å². The number of likely N-dealkylation sites (tertiary alicyclic amines) is 1. The highest BCUT2D eigenvalue weighted by atomic mass is 16.3. The van der Waals surface area contributed by atoms with Crippen molar-refractivity contribution in [1.29, 1.82) is 5.26 Å². The van der Waals surface area contributed by atoms with Crippen LogP contribution < -0.4 is 10.5 Å². The molecule has 38 heavy (non-hydrogen) atoms. The first kappa shape index (κ1) is 24.6. The third-order valence-corrected chi connectivity index (χ3v) is 8.65. The van der Waals surface area contributed by atoms with Crippen molar-refractivity contribution in [3.63, 3.8) is 0 Å². The summed E-state index contributed by atoms with van der Waals surface area (Å²) in [7, 11) is 0. The summed E-state index contributed by atoms with van der Waals surface area (Å²) in [5.41, 5.74) is 0.865. The third-order valence-electron chi connectivity index (χ3n) is 8.65. The molecule has 198 valence electrons. The molecular formula is C28H33N7O3. The van der Waals surface area contributed by atoms with Crippen LogP contribution in [0.25, 0.3) is 16.7 Å². The lowest BCUT2D eigenvalue weighted by Gasteiger charge is -2.39. The van der Waals surface area contributed by atoms with Crippen molar-refractivity contribution in [3.8, 4) is 11.8 Å². The minimum Gasteiger partial charge on any atom is -0.388 e. The van der Waals surface area contributed by atoms with Crippen LogP contribution in [0.2, 0.25) is 0 Å². The van der Waals surface area contributed by atoms with Crippen LogP contribution in [-0.4, -0.2) is 67.0 Å². The molecule has 1 aromatic carbocycles. The van der Waals surface area contributed by atoms with E-state index in [9.17, 15) is 14.7 Å². The van der Waals surface area contributed by atoms with Crippen LogP contribution in [0.5, 0.6) is 0 Å². The number of anilines is 1. The monoisotopic (exact) mass is 515 g/mol. The number of piperidine rings is 2. The molecular weight excluding hydrogens is 482 g/mol. The number of aliphatic hydroxyl groups is 1. The highest BCUT2D eigenvalue weighted by Crippen LogP contribution is 2.47. The maximum atomic E-state index is 13.3. The van der Waals surface area contributed by atoms with Gasteiger partial charge >= 0.3 is 0 Å². The lowest BCUT2D eigenvalue weighted by molar-refractivity contribution is -0.141. The number of hydrogen-bond donors (Lipinski definition) is 1. The molecule has 0 radical (unpaired) electrons. The fourth-order valence-corrected chi connectivity index (χ4v) is 5.71. The van der Waals surface area contributed by atoms with Gasteiger partial charge in [-0.2, -0.15) is 10.4 Å². The number of carbonyl (C=O) groups excluding carboxylic acids is 1. The summed E-state index contributed by atoms with van der Waals surface area (Å²) in [5, 5.41) is 25.2. The van der Waals surface area contributed by atoms with E-state index in [-0.39, 0.29) is 29.3 Å². The first-order valence-electron chi connectivity index (χ1n) is 13.5. The van der Waals surface area contributed by atoms with Gasteiger partial charge in [0.2, 0.25) is 5.91 Å². The van der Waals surface area contributed by atoms with Crippen LogP contribution in [0.3, 0.4) is 0 Å². The molecule has 4 heterocycles. The molecule has 3 fully saturated rings. The van der Waals surface area contributed by atoms with E-state index >= 15 is 0 Å². The van der Waals surface area contributed by atoms with E-state index < -0.39 is 5.60 Å². The minimum absolute atomic E-state index is 0.135. The van der Waals surface area contributed by atoms with Crippen molar-refractivity contribution in [2.75, 3.05) is 31.1 Å². The van der Waals surface area contributed by atoms with Gasteiger partial charge in [-0.05, 0) is 62.8 Å². The predicted octanol–water partition coefficient (Wildman–Crippen LogP) is 2.48. The van der Waals surface area contributed by atoms with Gasteiger partial charge in [0, 0.05) is 43.2 Å². The molecule has 3 aliphatic rings. The number of nitriles is 1. The Bertz CT molecular complexity index is 1450. The van der Waals surface area contributed by atoms with Crippen LogP contribution >= 0.6 is 0 Å². The Morgan fingerprint density at radius 2 is 1.74 bits per heavy atom. The molecule has 2 saturated heterocycles. The second kappa shape index (κ2) is 9.24. The van der Waals surface area contributed by atoms with Gasteiger partial charge in [0.15, 0.2) is 5.65 Å². The summed E-state index contributed by atoms with van der Waals surface area (Å²) < 4.78 is 3.12. The van der Waals surface area contributed by atoms with Gasteiger partial charge in [0.1, 0.15) is 11.7 Å². The summed E-state index contributed by atoms with van der Waals surface area (Å²) in [6.07, 6.45) is 7.51. The topological polar surface area (TPSA) is 120 Å². The Labute approximate surface area is 221 Å². The molecule has 0 unspecified atom stereocenters. The molecule has 1 amide bonds. The molecule has 10 nitrogen and oxygen atoms in total. The zero-order chi connectivity index (χ0) is 26.5. The van der Waals surface area contributed by atoms with Gasteiger partial charge in [-0.3, -0.25) is 14.2 Å². The van der Waals surface area contributed by atoms with E-state index in [1.165, 1.54) is 17.1 Å². The number of fused-ring (bicyclic) bond motifs is 1. The second-order valence-corrected chi connectivity index (χ2v) is 11.5. The van der Waals surface area contributed by atoms with Crippen molar-refractivity contribution >= 4 is 22.6 Å². The lowest BCUT2D eigenvalue weighted by Crippen LogP contribution is -2.51. The summed E-state index contributed by atoms with van der Waals surface area (Å²) in [6, 6.07) is 10.4. The minimum atomic E-state index is -1.06. The van der Waals surface area contributed by atoms with Crippen molar-refractivity contribution in [1.82, 2.24) is 24.2 Å². The fourth-order valence-electron chi connectivity index (χ4n) is 5.71. The first-order chi connectivity index (χ1) is 18.3. The van der Waals surface area contributed by atoms with Gasteiger partial charge < -0.3 is 14.9 Å². The predicted molar refractivity (Wildman–Crippen MR) is 142 cm³/mol. The molecule has 2 aliphatic heterocycles. The van der Waals surface area contributed by atoms with Crippen molar-refractivity contribution in [2.24, 2.45) is 11.3 Å². The van der Waals surface area contributed by atoms with Crippen molar-refractivity contribution in [3.05, 3.63) is 47.1 Å². The van der Waals surface area contributed by atoms with Crippen molar-refractivity contribution < 1.29 is 9.90 Å². The Balaban J connectivity index is 1.16. The molecule has 2 aromatic heterocycles. The highest BCUT2D eigenvalue weighted by Gasteiger charge is 2.48. The molecule has 0 bridgehead atoms. The summed E-state index contributed by atoms with van der Waals surface area (Å²) >= 11 is 0. The number of benzene rings is 1. The van der Waals surface area contributed by atoms with E-state index in [0.29, 0.717) is 37.0 Å². The van der Waals surface area contributed by atoms with E-state index in [4.69, 9.17) is 5.26 Å². The molecule has 0 spiro atoms. The number of nitrogens with zero attached hydrogens (tertiary/aromatic N) is 7. The normalized spacial score (nSPS) is 20.9. The Kier molecular flexibility index (Phi) is 5.99. The zero-order valence-corrected chi connectivity index (χ0v) is 21.7. The molecule has 1 N–H and O–H groups in total. The Morgan fingerprint density at radius 1 is 1.08 bits per heavy atom. The van der Waals surface area contributed by atoms with Gasteiger partial charge in [-0.25, -0.2) is 9.67 Å². The van der Waals surface area contributed by atoms with Crippen LogP contribution in [0.1, 0.15) is 45.4 Å². The van der Waals surface area contributed by atoms with Gasteiger partial charge in [-0.1, -0.05) is 6.92 Å². The molecule has 3 aromatic rings. The number of amides is 1. The van der Waals surface area contributed by atoms with Crippen LogP contribution in [-0.2, 0) is 11.3 Å². The Morgan fingerprint density at radius 3 is 2.37 bits per heavy atom.